The molecule has 0 fully saturated rings. The lowest BCUT2D eigenvalue weighted by atomic mass is 10.2. The number of hydrogen-bond donors (Lipinski definition) is 1. The van der Waals surface area contributed by atoms with E-state index in [-0.39, 0.29) is 5.91 Å². The normalized spacial score (nSPS) is 10.5. The number of aryl methyl sites for hydroxylation is 1. The van der Waals surface area contributed by atoms with E-state index >= 15 is 0 Å². The molecule has 5 nitrogen and oxygen atoms in total. The van der Waals surface area contributed by atoms with Gasteiger partial charge in [-0.1, -0.05) is 12.1 Å². The summed E-state index contributed by atoms with van der Waals surface area (Å²) >= 11 is 3.41. The van der Waals surface area contributed by atoms with Crippen molar-refractivity contribution in [1.29, 1.82) is 0 Å². The number of carbonyl (C=O) groups excluding carboxylic acids is 1. The van der Waals surface area contributed by atoms with E-state index in [0.29, 0.717) is 17.4 Å². The van der Waals surface area contributed by atoms with E-state index in [4.69, 9.17) is 4.52 Å². The Labute approximate surface area is 119 Å². The van der Waals surface area contributed by atoms with Crippen molar-refractivity contribution in [1.82, 2.24) is 10.1 Å². The highest BCUT2D eigenvalue weighted by molar-refractivity contribution is 9.10. The van der Waals surface area contributed by atoms with Crippen LogP contribution in [0.15, 0.2) is 27.2 Å². The third-order valence-corrected chi connectivity index (χ3v) is 3.13. The first kappa shape index (κ1) is 13.7. The number of amides is 1. The molecule has 0 atom stereocenters. The van der Waals surface area contributed by atoms with Gasteiger partial charge in [0.25, 0.3) is 0 Å². The second-order valence-electron chi connectivity index (χ2n) is 4.14. The number of hydrogen-bond acceptors (Lipinski definition) is 4. The number of aromatic nitrogens is 2. The SMILES string of the molecule is CCCc1nc(-c2ccc(NC(C)=O)c(Br)c2)no1. The number of benzene rings is 1. The molecule has 0 aliphatic heterocycles. The van der Waals surface area contributed by atoms with Gasteiger partial charge in [0.1, 0.15) is 0 Å². The topological polar surface area (TPSA) is 68.0 Å². The summed E-state index contributed by atoms with van der Waals surface area (Å²) in [7, 11) is 0. The molecule has 100 valence electrons. The van der Waals surface area contributed by atoms with Gasteiger partial charge in [0.2, 0.25) is 17.6 Å². The summed E-state index contributed by atoms with van der Waals surface area (Å²) in [5.74, 6) is 1.08. The van der Waals surface area contributed by atoms with E-state index in [0.717, 1.165) is 22.9 Å². The van der Waals surface area contributed by atoms with Gasteiger partial charge in [-0.05, 0) is 40.5 Å². The van der Waals surface area contributed by atoms with Crippen LogP contribution in [0.25, 0.3) is 11.4 Å². The molecule has 1 aromatic heterocycles. The van der Waals surface area contributed by atoms with Crippen molar-refractivity contribution in [2.45, 2.75) is 26.7 Å². The molecule has 19 heavy (non-hydrogen) atoms. The molecule has 0 spiro atoms. The third kappa shape index (κ3) is 3.41. The van der Waals surface area contributed by atoms with Gasteiger partial charge in [-0.2, -0.15) is 4.98 Å². The van der Waals surface area contributed by atoms with E-state index < -0.39 is 0 Å². The first-order chi connectivity index (χ1) is 9.10. The Kier molecular flexibility index (Phi) is 4.31. The van der Waals surface area contributed by atoms with Crippen LogP contribution in [-0.2, 0) is 11.2 Å². The van der Waals surface area contributed by atoms with Crippen molar-refractivity contribution in [2.75, 3.05) is 5.32 Å². The number of halogens is 1. The summed E-state index contributed by atoms with van der Waals surface area (Å²) in [6.07, 6.45) is 1.74. The van der Waals surface area contributed by atoms with Crippen molar-refractivity contribution in [3.8, 4) is 11.4 Å². The van der Waals surface area contributed by atoms with Crippen LogP contribution in [-0.4, -0.2) is 16.0 Å². The number of nitrogens with one attached hydrogen (secondary N) is 1. The van der Waals surface area contributed by atoms with Crippen LogP contribution in [0.2, 0.25) is 0 Å². The number of anilines is 1. The Hall–Kier alpha value is -1.69. The standard InChI is InChI=1S/C13H14BrN3O2/c1-3-4-12-16-13(17-19-12)9-5-6-11(10(14)7-9)15-8(2)18/h5-7H,3-4H2,1-2H3,(H,15,18). The van der Waals surface area contributed by atoms with Crippen LogP contribution >= 0.6 is 15.9 Å². The maximum atomic E-state index is 11.0. The van der Waals surface area contributed by atoms with Crippen molar-refractivity contribution in [3.05, 3.63) is 28.6 Å². The quantitative estimate of drug-likeness (QED) is 0.936. The lowest BCUT2D eigenvalue weighted by Gasteiger charge is -2.05. The summed E-state index contributed by atoms with van der Waals surface area (Å²) < 4.78 is 5.93. The molecule has 1 N–H and O–H groups in total. The monoisotopic (exact) mass is 323 g/mol. The average molecular weight is 324 g/mol. The highest BCUT2D eigenvalue weighted by Crippen LogP contribution is 2.27. The molecule has 0 aliphatic carbocycles. The van der Waals surface area contributed by atoms with Crippen LogP contribution in [0, 0.1) is 0 Å². The Morgan fingerprint density at radius 3 is 2.89 bits per heavy atom. The first-order valence-corrected chi connectivity index (χ1v) is 6.79. The fourth-order valence-electron chi connectivity index (χ4n) is 1.63. The van der Waals surface area contributed by atoms with E-state index in [1.807, 2.05) is 12.1 Å². The van der Waals surface area contributed by atoms with Crippen molar-refractivity contribution < 1.29 is 9.32 Å². The molecule has 1 aromatic carbocycles. The Morgan fingerprint density at radius 2 is 2.26 bits per heavy atom. The number of rotatable bonds is 4. The molecule has 0 radical (unpaired) electrons. The maximum absolute atomic E-state index is 11.0. The molecular weight excluding hydrogens is 310 g/mol. The minimum atomic E-state index is -0.113. The van der Waals surface area contributed by atoms with Gasteiger partial charge in [-0.3, -0.25) is 4.79 Å². The highest BCUT2D eigenvalue weighted by Gasteiger charge is 2.10. The molecular formula is C13H14BrN3O2. The predicted octanol–water partition coefficient (Wildman–Crippen LogP) is 3.41. The molecule has 0 unspecified atom stereocenters. The summed E-state index contributed by atoms with van der Waals surface area (Å²) in [6, 6.07) is 5.50. The fraction of sp³-hybridized carbons (Fsp3) is 0.308. The number of nitrogens with zero attached hydrogens (tertiary/aromatic N) is 2. The largest absolute Gasteiger partial charge is 0.339 e. The van der Waals surface area contributed by atoms with Crippen molar-refractivity contribution in [2.24, 2.45) is 0 Å². The van der Waals surface area contributed by atoms with Crippen LogP contribution in [0.3, 0.4) is 0 Å². The lowest BCUT2D eigenvalue weighted by molar-refractivity contribution is -0.114. The van der Waals surface area contributed by atoms with Gasteiger partial charge >= 0.3 is 0 Å². The Morgan fingerprint density at radius 1 is 1.47 bits per heavy atom. The second kappa shape index (κ2) is 5.97. The fourth-order valence-corrected chi connectivity index (χ4v) is 2.11. The smallest absolute Gasteiger partial charge is 0.226 e. The van der Waals surface area contributed by atoms with E-state index in [1.165, 1.54) is 6.92 Å². The molecule has 0 saturated carbocycles. The zero-order chi connectivity index (χ0) is 13.8. The van der Waals surface area contributed by atoms with Gasteiger partial charge in [0.05, 0.1) is 5.69 Å². The van der Waals surface area contributed by atoms with Gasteiger partial charge in [-0.25, -0.2) is 0 Å². The van der Waals surface area contributed by atoms with Crippen LogP contribution in [0.4, 0.5) is 5.69 Å². The summed E-state index contributed by atoms with van der Waals surface area (Å²) in [6.45, 7) is 3.53. The molecule has 0 aliphatic rings. The molecule has 1 amide bonds. The van der Waals surface area contributed by atoms with E-state index in [1.54, 1.807) is 6.07 Å². The average Bonchev–Trinajstić information content (AvgIpc) is 2.80. The number of carbonyl (C=O) groups is 1. The second-order valence-corrected chi connectivity index (χ2v) is 4.99. The zero-order valence-electron chi connectivity index (χ0n) is 10.7. The molecule has 6 heteroatoms. The van der Waals surface area contributed by atoms with Gasteiger partial charge in [0.15, 0.2) is 0 Å². The third-order valence-electron chi connectivity index (χ3n) is 2.47. The lowest BCUT2D eigenvalue weighted by Crippen LogP contribution is -2.06. The summed E-state index contributed by atoms with van der Waals surface area (Å²) in [5, 5.41) is 6.67. The molecule has 2 rings (SSSR count). The van der Waals surface area contributed by atoms with Gasteiger partial charge < -0.3 is 9.84 Å². The predicted molar refractivity (Wildman–Crippen MR) is 75.7 cm³/mol. The summed E-state index contributed by atoms with van der Waals surface area (Å²) in [5.41, 5.74) is 1.56. The van der Waals surface area contributed by atoms with Crippen LogP contribution in [0.5, 0.6) is 0 Å². The molecule has 1 heterocycles. The van der Waals surface area contributed by atoms with Gasteiger partial charge in [-0.15, -0.1) is 0 Å². The van der Waals surface area contributed by atoms with Crippen LogP contribution < -0.4 is 5.32 Å². The Balaban J connectivity index is 2.25. The van der Waals surface area contributed by atoms with Crippen molar-refractivity contribution >= 4 is 27.5 Å². The minimum absolute atomic E-state index is 0.113. The minimum Gasteiger partial charge on any atom is -0.339 e. The molecule has 0 saturated heterocycles. The van der Waals surface area contributed by atoms with E-state index in [2.05, 4.69) is 38.3 Å². The molecule has 2 aromatic rings. The van der Waals surface area contributed by atoms with Crippen molar-refractivity contribution in [3.63, 3.8) is 0 Å². The van der Waals surface area contributed by atoms with E-state index in [9.17, 15) is 4.79 Å². The maximum Gasteiger partial charge on any atom is 0.226 e. The first-order valence-electron chi connectivity index (χ1n) is 6.00. The Bertz CT molecular complexity index is 595. The highest BCUT2D eigenvalue weighted by atomic mass is 79.9. The summed E-state index contributed by atoms with van der Waals surface area (Å²) in [4.78, 5) is 15.3. The van der Waals surface area contributed by atoms with Gasteiger partial charge in [0, 0.05) is 23.4 Å². The zero-order valence-corrected chi connectivity index (χ0v) is 12.3. The molecule has 0 bridgehead atoms. The van der Waals surface area contributed by atoms with Crippen LogP contribution in [0.1, 0.15) is 26.2 Å².